The molecule has 5 heteroatoms. The topological polar surface area (TPSA) is 74.7 Å². The maximum absolute atomic E-state index is 8.90. The first-order chi connectivity index (χ1) is 7.79. The Bertz CT molecular complexity index is 513. The van der Waals surface area contributed by atoms with E-state index in [9.17, 15) is 0 Å². The molecule has 2 aromatic heterocycles. The van der Waals surface area contributed by atoms with Gasteiger partial charge in [0.2, 0.25) is 0 Å². The minimum atomic E-state index is 0.488. The Labute approximate surface area is 92.7 Å². The van der Waals surface area contributed by atoms with Crippen LogP contribution >= 0.6 is 0 Å². The molecule has 5 nitrogen and oxygen atoms in total. The number of hydrogen-bond donors (Lipinski definition) is 1. The zero-order valence-electron chi connectivity index (χ0n) is 8.77. The van der Waals surface area contributed by atoms with Crippen molar-refractivity contribution in [3.63, 3.8) is 0 Å². The van der Waals surface area contributed by atoms with Gasteiger partial charge in [-0.1, -0.05) is 5.16 Å². The predicted octanol–water partition coefficient (Wildman–Crippen LogP) is 1.86. The van der Waals surface area contributed by atoms with Gasteiger partial charge in [-0.15, -0.1) is 0 Å². The van der Waals surface area contributed by atoms with E-state index in [1.54, 1.807) is 18.2 Å². The van der Waals surface area contributed by atoms with Gasteiger partial charge in [0.05, 0.1) is 12.1 Å². The summed E-state index contributed by atoms with van der Waals surface area (Å²) in [4.78, 5) is 4.25. The van der Waals surface area contributed by atoms with Crippen molar-refractivity contribution in [2.45, 2.75) is 13.5 Å². The van der Waals surface area contributed by atoms with Gasteiger partial charge in [0, 0.05) is 11.8 Å². The molecule has 0 saturated carbocycles. The highest BCUT2D eigenvalue weighted by molar-refractivity contribution is 5.52. The number of nitriles is 1. The molecule has 0 aliphatic carbocycles. The molecule has 0 aliphatic heterocycles. The number of pyridine rings is 1. The second kappa shape index (κ2) is 4.45. The first-order valence-corrected chi connectivity index (χ1v) is 4.80. The van der Waals surface area contributed by atoms with E-state index in [0.717, 1.165) is 11.4 Å². The molecule has 0 atom stereocenters. The molecule has 0 fully saturated rings. The highest BCUT2D eigenvalue weighted by atomic mass is 16.5. The van der Waals surface area contributed by atoms with E-state index >= 15 is 0 Å². The smallest absolute Gasteiger partial charge is 0.144 e. The second-order valence-electron chi connectivity index (χ2n) is 3.30. The van der Waals surface area contributed by atoms with Crippen molar-refractivity contribution in [1.82, 2.24) is 10.1 Å². The molecule has 0 amide bonds. The lowest BCUT2D eigenvalue weighted by Crippen LogP contribution is -2.04. The summed E-state index contributed by atoms with van der Waals surface area (Å²) < 4.78 is 4.71. The van der Waals surface area contributed by atoms with Crippen LogP contribution in [0, 0.1) is 18.3 Å². The van der Waals surface area contributed by atoms with Gasteiger partial charge in [0.15, 0.2) is 0 Å². The van der Waals surface area contributed by atoms with Crippen LogP contribution < -0.4 is 5.32 Å². The lowest BCUT2D eigenvalue weighted by Gasteiger charge is -2.05. The summed E-state index contributed by atoms with van der Waals surface area (Å²) in [5.74, 6) is 0.575. The van der Waals surface area contributed by atoms with Gasteiger partial charge < -0.3 is 9.84 Å². The average Bonchev–Trinajstić information content (AvgIpc) is 2.79. The van der Waals surface area contributed by atoms with Gasteiger partial charge in [-0.05, 0) is 19.1 Å². The van der Waals surface area contributed by atoms with Crippen molar-refractivity contribution in [1.29, 1.82) is 5.26 Å². The first kappa shape index (κ1) is 10.2. The van der Waals surface area contributed by atoms with E-state index in [2.05, 4.69) is 21.5 Å². The Hall–Kier alpha value is -2.35. The lowest BCUT2D eigenvalue weighted by atomic mass is 10.2. The van der Waals surface area contributed by atoms with Crippen molar-refractivity contribution in [2.75, 3.05) is 5.32 Å². The molecule has 0 bridgehead atoms. The van der Waals surface area contributed by atoms with Crippen molar-refractivity contribution < 1.29 is 4.52 Å². The number of aromatic nitrogens is 2. The quantitative estimate of drug-likeness (QED) is 0.844. The third-order valence-corrected chi connectivity index (χ3v) is 2.08. The average molecular weight is 214 g/mol. The van der Waals surface area contributed by atoms with E-state index in [-0.39, 0.29) is 0 Å². The summed E-state index contributed by atoms with van der Waals surface area (Å²) >= 11 is 0. The molecule has 0 unspecified atom stereocenters. The van der Waals surface area contributed by atoms with E-state index < -0.39 is 0 Å². The van der Waals surface area contributed by atoms with Gasteiger partial charge in [0.25, 0.3) is 0 Å². The summed E-state index contributed by atoms with van der Waals surface area (Å²) in [5, 5.41) is 15.7. The highest BCUT2D eigenvalue weighted by Crippen LogP contribution is 2.12. The molecule has 2 rings (SSSR count). The Morgan fingerprint density at radius 3 is 3.00 bits per heavy atom. The third-order valence-electron chi connectivity index (χ3n) is 2.08. The number of anilines is 1. The molecule has 0 saturated heterocycles. The summed E-state index contributed by atoms with van der Waals surface area (Å²) in [7, 11) is 0. The maximum atomic E-state index is 8.90. The van der Waals surface area contributed by atoms with E-state index in [1.165, 1.54) is 6.26 Å². The molecule has 16 heavy (non-hydrogen) atoms. The Morgan fingerprint density at radius 1 is 1.44 bits per heavy atom. The molecule has 0 spiro atoms. The fraction of sp³-hybridized carbons (Fsp3) is 0.182. The minimum Gasteiger partial charge on any atom is -0.364 e. The minimum absolute atomic E-state index is 0.488. The van der Waals surface area contributed by atoms with Gasteiger partial charge in [0.1, 0.15) is 23.8 Å². The summed E-state index contributed by atoms with van der Waals surface area (Å²) in [6.45, 7) is 2.37. The molecule has 2 heterocycles. The van der Waals surface area contributed by atoms with Crippen LogP contribution in [0.3, 0.4) is 0 Å². The number of nitrogens with one attached hydrogen (secondary N) is 1. The van der Waals surface area contributed by atoms with E-state index in [0.29, 0.717) is 17.9 Å². The lowest BCUT2D eigenvalue weighted by molar-refractivity contribution is 0.412. The van der Waals surface area contributed by atoms with Gasteiger partial charge in [-0.25, -0.2) is 4.98 Å². The second-order valence-corrected chi connectivity index (χ2v) is 3.30. The molecule has 1 N–H and O–H groups in total. The van der Waals surface area contributed by atoms with Crippen LogP contribution in [-0.4, -0.2) is 10.1 Å². The van der Waals surface area contributed by atoms with E-state index in [1.807, 2.05) is 6.92 Å². The maximum Gasteiger partial charge on any atom is 0.144 e. The van der Waals surface area contributed by atoms with Crippen LogP contribution in [0.15, 0.2) is 29.0 Å². The zero-order chi connectivity index (χ0) is 11.4. The Morgan fingerprint density at radius 2 is 2.31 bits per heavy atom. The Kier molecular flexibility index (Phi) is 2.83. The molecular formula is C11H10N4O. The van der Waals surface area contributed by atoms with Crippen molar-refractivity contribution >= 4 is 5.82 Å². The third kappa shape index (κ3) is 2.17. The molecule has 2 aromatic rings. The van der Waals surface area contributed by atoms with Gasteiger partial charge in [-0.3, -0.25) is 0 Å². The Balaban J connectivity index is 2.15. The van der Waals surface area contributed by atoms with Crippen LogP contribution in [0.4, 0.5) is 5.82 Å². The zero-order valence-corrected chi connectivity index (χ0v) is 8.77. The number of hydrogen-bond acceptors (Lipinski definition) is 5. The molecule has 0 aromatic carbocycles. The fourth-order valence-electron chi connectivity index (χ4n) is 1.28. The van der Waals surface area contributed by atoms with Crippen LogP contribution in [0.1, 0.15) is 17.0 Å². The molecule has 0 radical (unpaired) electrons. The number of nitrogens with zero attached hydrogens (tertiary/aromatic N) is 3. The van der Waals surface area contributed by atoms with Gasteiger partial charge in [-0.2, -0.15) is 5.26 Å². The predicted molar refractivity (Wildman–Crippen MR) is 57.5 cm³/mol. The number of rotatable bonds is 3. The van der Waals surface area contributed by atoms with Crippen LogP contribution in [0.2, 0.25) is 0 Å². The van der Waals surface area contributed by atoms with E-state index in [4.69, 9.17) is 9.78 Å². The summed E-state index contributed by atoms with van der Waals surface area (Å²) in [5.41, 5.74) is 2.16. The standard InChI is InChI=1S/C11H10N4O/c1-8-2-3-9(6-12)11(14-8)13-7-10-4-5-16-15-10/h2-5H,7H2,1H3,(H,13,14). The summed E-state index contributed by atoms with van der Waals surface area (Å²) in [6, 6.07) is 7.39. The van der Waals surface area contributed by atoms with Crippen LogP contribution in [0.5, 0.6) is 0 Å². The molecule has 0 aliphatic rings. The van der Waals surface area contributed by atoms with Crippen molar-refractivity contribution in [3.8, 4) is 6.07 Å². The van der Waals surface area contributed by atoms with Crippen LogP contribution in [-0.2, 0) is 6.54 Å². The largest absolute Gasteiger partial charge is 0.364 e. The summed E-state index contributed by atoms with van der Waals surface area (Å²) in [6.07, 6.45) is 1.51. The normalized spacial score (nSPS) is 9.75. The molecular weight excluding hydrogens is 204 g/mol. The van der Waals surface area contributed by atoms with Gasteiger partial charge >= 0.3 is 0 Å². The highest BCUT2D eigenvalue weighted by Gasteiger charge is 2.04. The van der Waals surface area contributed by atoms with Crippen molar-refractivity contribution in [2.24, 2.45) is 0 Å². The molecule has 80 valence electrons. The van der Waals surface area contributed by atoms with Crippen LogP contribution in [0.25, 0.3) is 0 Å². The van der Waals surface area contributed by atoms with Crippen molar-refractivity contribution in [3.05, 3.63) is 41.4 Å². The number of aryl methyl sites for hydroxylation is 1. The first-order valence-electron chi connectivity index (χ1n) is 4.80. The monoisotopic (exact) mass is 214 g/mol. The fourth-order valence-corrected chi connectivity index (χ4v) is 1.28. The SMILES string of the molecule is Cc1ccc(C#N)c(NCc2ccon2)n1.